The highest BCUT2D eigenvalue weighted by Gasteiger charge is 2.28. The molecule has 0 atom stereocenters. The van der Waals surface area contributed by atoms with Crippen LogP contribution in [0.25, 0.3) is 0 Å². The summed E-state index contributed by atoms with van der Waals surface area (Å²) in [6, 6.07) is 7.75. The van der Waals surface area contributed by atoms with E-state index < -0.39 is 5.54 Å². The predicted octanol–water partition coefficient (Wildman–Crippen LogP) is 1.40. The second-order valence-electron chi connectivity index (χ2n) is 5.27. The number of hydrogen-bond donors (Lipinski definition) is 3. The van der Waals surface area contributed by atoms with Crippen LogP contribution in [-0.2, 0) is 4.79 Å². The van der Waals surface area contributed by atoms with Gasteiger partial charge in [0.1, 0.15) is 5.75 Å². The van der Waals surface area contributed by atoms with Gasteiger partial charge in [-0.2, -0.15) is 0 Å². The van der Waals surface area contributed by atoms with E-state index in [1.807, 2.05) is 38.1 Å². The molecule has 1 aromatic carbocycles. The van der Waals surface area contributed by atoms with Crippen LogP contribution < -0.4 is 10.1 Å². The molecule has 0 bridgehead atoms. The van der Waals surface area contributed by atoms with Crippen molar-refractivity contribution in [1.29, 1.82) is 0 Å². The normalized spacial score (nSPS) is 11.2. The zero-order chi connectivity index (χ0) is 15.7. The molecule has 1 amide bonds. The van der Waals surface area contributed by atoms with Crippen molar-refractivity contribution in [3.63, 3.8) is 0 Å². The van der Waals surface area contributed by atoms with Gasteiger partial charge in [-0.15, -0.1) is 0 Å². The molecule has 0 aliphatic carbocycles. The molecule has 0 saturated heterocycles. The standard InChI is InChI=1S/C16H25NO4/c1-3-16(11-18,12-19)17-15(20)8-5-9-21-14-7-4-6-13(2)10-14/h4,6-7,10,18-19H,3,5,8-9,11-12H2,1-2H3,(H,17,20). The molecule has 21 heavy (non-hydrogen) atoms. The van der Waals surface area contributed by atoms with Gasteiger partial charge in [0.25, 0.3) is 0 Å². The van der Waals surface area contributed by atoms with Crippen molar-refractivity contribution >= 4 is 5.91 Å². The van der Waals surface area contributed by atoms with E-state index in [2.05, 4.69) is 5.32 Å². The molecule has 5 heteroatoms. The molecule has 0 radical (unpaired) electrons. The number of hydrogen-bond acceptors (Lipinski definition) is 4. The van der Waals surface area contributed by atoms with E-state index in [1.54, 1.807) is 0 Å². The summed E-state index contributed by atoms with van der Waals surface area (Å²) >= 11 is 0. The SMILES string of the molecule is CCC(CO)(CO)NC(=O)CCCOc1cccc(C)c1. The van der Waals surface area contributed by atoms with Crippen LogP contribution in [0.4, 0.5) is 0 Å². The summed E-state index contributed by atoms with van der Waals surface area (Å²) < 4.78 is 5.57. The Morgan fingerprint density at radius 2 is 2.05 bits per heavy atom. The quantitative estimate of drug-likeness (QED) is 0.602. The minimum atomic E-state index is -0.922. The lowest BCUT2D eigenvalue weighted by molar-refractivity contribution is -0.124. The third-order valence-electron chi connectivity index (χ3n) is 3.49. The summed E-state index contributed by atoms with van der Waals surface area (Å²) in [6.07, 6.45) is 1.36. The van der Waals surface area contributed by atoms with Gasteiger partial charge in [-0.25, -0.2) is 0 Å². The fourth-order valence-electron chi connectivity index (χ4n) is 1.93. The van der Waals surface area contributed by atoms with Crippen LogP contribution in [0.2, 0.25) is 0 Å². The predicted molar refractivity (Wildman–Crippen MR) is 81.2 cm³/mol. The van der Waals surface area contributed by atoms with Crippen LogP contribution in [0.15, 0.2) is 24.3 Å². The van der Waals surface area contributed by atoms with E-state index in [9.17, 15) is 15.0 Å². The molecule has 1 rings (SSSR count). The van der Waals surface area contributed by atoms with Crippen LogP contribution in [0, 0.1) is 6.92 Å². The lowest BCUT2D eigenvalue weighted by atomic mass is 9.98. The topological polar surface area (TPSA) is 78.8 Å². The summed E-state index contributed by atoms with van der Waals surface area (Å²) in [4.78, 5) is 11.8. The van der Waals surface area contributed by atoms with Gasteiger partial charge >= 0.3 is 0 Å². The van der Waals surface area contributed by atoms with Crippen molar-refractivity contribution in [3.8, 4) is 5.75 Å². The number of carbonyl (C=O) groups excluding carboxylic acids is 1. The minimum Gasteiger partial charge on any atom is -0.494 e. The summed E-state index contributed by atoms with van der Waals surface area (Å²) in [7, 11) is 0. The van der Waals surface area contributed by atoms with Crippen molar-refractivity contribution in [3.05, 3.63) is 29.8 Å². The molecule has 0 saturated carbocycles. The van der Waals surface area contributed by atoms with E-state index in [-0.39, 0.29) is 19.1 Å². The molecule has 0 aromatic heterocycles. The molecule has 0 fully saturated rings. The van der Waals surface area contributed by atoms with Crippen molar-refractivity contribution in [2.75, 3.05) is 19.8 Å². The first-order valence-electron chi connectivity index (χ1n) is 7.27. The van der Waals surface area contributed by atoms with Crippen LogP contribution >= 0.6 is 0 Å². The van der Waals surface area contributed by atoms with E-state index >= 15 is 0 Å². The molecular weight excluding hydrogens is 270 g/mol. The Balaban J connectivity index is 2.30. The number of aliphatic hydroxyl groups is 2. The van der Waals surface area contributed by atoms with Crippen molar-refractivity contribution in [2.45, 2.75) is 38.6 Å². The van der Waals surface area contributed by atoms with Gasteiger partial charge < -0.3 is 20.3 Å². The molecule has 0 spiro atoms. The van der Waals surface area contributed by atoms with Crippen molar-refractivity contribution in [1.82, 2.24) is 5.32 Å². The average molecular weight is 295 g/mol. The van der Waals surface area contributed by atoms with E-state index in [0.29, 0.717) is 25.9 Å². The summed E-state index contributed by atoms with van der Waals surface area (Å²) in [5.74, 6) is 0.608. The van der Waals surface area contributed by atoms with E-state index in [4.69, 9.17) is 4.74 Å². The van der Waals surface area contributed by atoms with E-state index in [0.717, 1.165) is 11.3 Å². The van der Waals surface area contributed by atoms with Crippen LogP contribution in [0.3, 0.4) is 0 Å². The number of aryl methyl sites for hydroxylation is 1. The monoisotopic (exact) mass is 295 g/mol. The molecule has 0 unspecified atom stereocenters. The fourth-order valence-corrected chi connectivity index (χ4v) is 1.93. The summed E-state index contributed by atoms with van der Waals surface area (Å²) in [5.41, 5.74) is 0.206. The third-order valence-corrected chi connectivity index (χ3v) is 3.49. The van der Waals surface area contributed by atoms with Gasteiger partial charge in [-0.3, -0.25) is 4.79 Å². The molecule has 1 aromatic rings. The van der Waals surface area contributed by atoms with Crippen LogP contribution in [0.1, 0.15) is 31.7 Å². The average Bonchev–Trinajstić information content (AvgIpc) is 2.49. The number of rotatable bonds is 9. The smallest absolute Gasteiger partial charge is 0.220 e. The van der Waals surface area contributed by atoms with Crippen LogP contribution in [0.5, 0.6) is 5.75 Å². The minimum absolute atomic E-state index is 0.187. The van der Waals surface area contributed by atoms with Gasteiger partial charge in [0, 0.05) is 6.42 Å². The molecular formula is C16H25NO4. The lowest BCUT2D eigenvalue weighted by Crippen LogP contribution is -2.53. The maximum absolute atomic E-state index is 11.8. The first kappa shape index (κ1) is 17.5. The number of carbonyl (C=O) groups is 1. The Labute approximate surface area is 125 Å². The third kappa shape index (κ3) is 5.73. The second kappa shape index (κ2) is 8.64. The van der Waals surface area contributed by atoms with Gasteiger partial charge in [-0.1, -0.05) is 19.1 Å². The molecule has 5 nitrogen and oxygen atoms in total. The van der Waals surface area contributed by atoms with Gasteiger partial charge in [0.15, 0.2) is 0 Å². The number of amides is 1. The zero-order valence-electron chi connectivity index (χ0n) is 12.8. The molecule has 0 heterocycles. The molecule has 0 aliphatic rings. The van der Waals surface area contributed by atoms with Gasteiger partial charge in [0.05, 0.1) is 25.4 Å². The Bertz CT molecular complexity index is 435. The maximum atomic E-state index is 11.8. The Kier molecular flexibility index (Phi) is 7.19. The highest BCUT2D eigenvalue weighted by atomic mass is 16.5. The number of ether oxygens (including phenoxy) is 1. The second-order valence-corrected chi connectivity index (χ2v) is 5.27. The van der Waals surface area contributed by atoms with Crippen molar-refractivity contribution < 1.29 is 19.7 Å². The van der Waals surface area contributed by atoms with E-state index in [1.165, 1.54) is 0 Å². The first-order chi connectivity index (χ1) is 10.0. The Hall–Kier alpha value is -1.59. The molecule has 3 N–H and O–H groups in total. The molecule has 0 aliphatic heterocycles. The molecule has 118 valence electrons. The summed E-state index contributed by atoms with van der Waals surface area (Å²) in [5, 5.41) is 21.2. The largest absolute Gasteiger partial charge is 0.494 e. The number of benzene rings is 1. The van der Waals surface area contributed by atoms with Gasteiger partial charge in [-0.05, 0) is 37.5 Å². The fraction of sp³-hybridized carbons (Fsp3) is 0.562. The Morgan fingerprint density at radius 1 is 1.33 bits per heavy atom. The maximum Gasteiger partial charge on any atom is 0.220 e. The lowest BCUT2D eigenvalue weighted by Gasteiger charge is -2.29. The highest BCUT2D eigenvalue weighted by molar-refractivity contribution is 5.76. The van der Waals surface area contributed by atoms with Gasteiger partial charge in [0.2, 0.25) is 5.91 Å². The van der Waals surface area contributed by atoms with Crippen molar-refractivity contribution in [2.24, 2.45) is 0 Å². The summed E-state index contributed by atoms with van der Waals surface area (Å²) in [6.45, 7) is 3.72. The first-order valence-corrected chi connectivity index (χ1v) is 7.27. The highest BCUT2D eigenvalue weighted by Crippen LogP contribution is 2.13. The number of nitrogens with one attached hydrogen (secondary N) is 1. The van der Waals surface area contributed by atoms with Crippen LogP contribution in [-0.4, -0.2) is 41.5 Å². The number of aliphatic hydroxyl groups excluding tert-OH is 2. The zero-order valence-corrected chi connectivity index (χ0v) is 12.8. The Morgan fingerprint density at radius 3 is 2.62 bits per heavy atom.